The lowest BCUT2D eigenvalue weighted by atomic mass is 10.0. The van der Waals surface area contributed by atoms with Gasteiger partial charge in [-0.05, 0) is 23.8 Å². The molecule has 2 nitrogen and oxygen atoms in total. The minimum absolute atomic E-state index is 0.0179. The number of halogens is 1. The minimum Gasteiger partial charge on any atom is -0.392 e. The molecule has 0 amide bonds. The highest BCUT2D eigenvalue weighted by molar-refractivity contribution is 9.10. The zero-order valence-electron chi connectivity index (χ0n) is 12.5. The second-order valence-corrected chi connectivity index (χ2v) is 5.98. The van der Waals surface area contributed by atoms with Gasteiger partial charge < -0.3 is 5.11 Å². The van der Waals surface area contributed by atoms with Crippen LogP contribution in [0.5, 0.6) is 0 Å². The van der Waals surface area contributed by atoms with Crippen LogP contribution in [0.15, 0.2) is 88.3 Å². The molecule has 0 fully saturated rings. The molecule has 3 rings (SSSR count). The molecular formula is C20H16BrNO. The zero-order valence-corrected chi connectivity index (χ0v) is 14.1. The first kappa shape index (κ1) is 15.7. The molecular weight excluding hydrogens is 350 g/mol. The van der Waals surface area contributed by atoms with Crippen LogP contribution in [0, 0.1) is 0 Å². The summed E-state index contributed by atoms with van der Waals surface area (Å²) in [4.78, 5) is 4.83. The van der Waals surface area contributed by atoms with E-state index in [0.717, 1.165) is 32.6 Å². The molecule has 0 unspecified atom stereocenters. The van der Waals surface area contributed by atoms with Crippen molar-refractivity contribution in [3.05, 3.63) is 100 Å². The lowest BCUT2D eigenvalue weighted by Crippen LogP contribution is -2.02. The Hall–Kier alpha value is -2.23. The molecule has 3 aromatic carbocycles. The van der Waals surface area contributed by atoms with Crippen LogP contribution >= 0.6 is 15.9 Å². The van der Waals surface area contributed by atoms with Crippen LogP contribution in [0.2, 0.25) is 0 Å². The van der Waals surface area contributed by atoms with Gasteiger partial charge in [-0.2, -0.15) is 0 Å². The molecule has 0 aliphatic heterocycles. The normalized spacial score (nSPS) is 10.3. The summed E-state index contributed by atoms with van der Waals surface area (Å²) in [7, 11) is 0. The molecule has 0 saturated carbocycles. The predicted octanol–water partition coefficient (Wildman–Crippen LogP) is 5.11. The van der Waals surface area contributed by atoms with Gasteiger partial charge in [0, 0.05) is 15.6 Å². The summed E-state index contributed by atoms with van der Waals surface area (Å²) in [6.07, 6.45) is 0. The number of hydrogen-bond donors (Lipinski definition) is 1. The summed E-state index contributed by atoms with van der Waals surface area (Å²) in [5.74, 6) is 0. The lowest BCUT2D eigenvalue weighted by Gasteiger charge is -2.09. The van der Waals surface area contributed by atoms with Crippen LogP contribution < -0.4 is 0 Å². The first-order chi connectivity index (χ1) is 11.3. The molecule has 23 heavy (non-hydrogen) atoms. The lowest BCUT2D eigenvalue weighted by molar-refractivity contribution is 0.281. The number of hydrogen-bond acceptors (Lipinski definition) is 2. The van der Waals surface area contributed by atoms with Gasteiger partial charge in [-0.25, -0.2) is 4.99 Å². The van der Waals surface area contributed by atoms with E-state index in [1.54, 1.807) is 0 Å². The molecule has 114 valence electrons. The highest BCUT2D eigenvalue weighted by atomic mass is 79.9. The Kier molecular flexibility index (Phi) is 5.01. The molecule has 0 aromatic heterocycles. The van der Waals surface area contributed by atoms with E-state index in [0.29, 0.717) is 0 Å². The Balaban J connectivity index is 2.12. The van der Waals surface area contributed by atoms with Crippen molar-refractivity contribution in [3.8, 4) is 0 Å². The third-order valence-corrected chi connectivity index (χ3v) is 4.31. The standard InChI is InChI=1S/C20H16BrNO/c21-19-12-11-18(13-17(19)14-23)22-20(15-7-3-1-4-8-15)16-9-5-2-6-10-16/h1-13,23H,14H2. The smallest absolute Gasteiger partial charge is 0.0781 e. The molecule has 0 atom stereocenters. The Morgan fingerprint density at radius 3 is 1.91 bits per heavy atom. The van der Waals surface area contributed by atoms with Crippen molar-refractivity contribution in [2.75, 3.05) is 0 Å². The number of benzene rings is 3. The van der Waals surface area contributed by atoms with E-state index < -0.39 is 0 Å². The van der Waals surface area contributed by atoms with Gasteiger partial charge in [0.15, 0.2) is 0 Å². The third kappa shape index (κ3) is 3.76. The predicted molar refractivity (Wildman–Crippen MR) is 98.2 cm³/mol. The van der Waals surface area contributed by atoms with E-state index in [-0.39, 0.29) is 6.61 Å². The summed E-state index contributed by atoms with van der Waals surface area (Å²) < 4.78 is 0.889. The van der Waals surface area contributed by atoms with Gasteiger partial charge in [0.2, 0.25) is 0 Å². The minimum atomic E-state index is -0.0179. The first-order valence-corrected chi connectivity index (χ1v) is 8.16. The number of nitrogens with zero attached hydrogens (tertiary/aromatic N) is 1. The number of rotatable bonds is 4. The Morgan fingerprint density at radius 2 is 1.39 bits per heavy atom. The fourth-order valence-corrected chi connectivity index (χ4v) is 2.74. The van der Waals surface area contributed by atoms with E-state index in [1.165, 1.54) is 0 Å². The van der Waals surface area contributed by atoms with E-state index in [9.17, 15) is 5.11 Å². The number of aliphatic imine (C=N–C) groups is 1. The van der Waals surface area contributed by atoms with Gasteiger partial charge >= 0.3 is 0 Å². The topological polar surface area (TPSA) is 32.6 Å². The van der Waals surface area contributed by atoms with Crippen molar-refractivity contribution in [3.63, 3.8) is 0 Å². The van der Waals surface area contributed by atoms with Crippen molar-refractivity contribution in [1.29, 1.82) is 0 Å². The van der Waals surface area contributed by atoms with E-state index >= 15 is 0 Å². The Morgan fingerprint density at radius 1 is 0.826 bits per heavy atom. The van der Waals surface area contributed by atoms with Gasteiger partial charge in [-0.3, -0.25) is 0 Å². The third-order valence-electron chi connectivity index (χ3n) is 3.53. The largest absolute Gasteiger partial charge is 0.392 e. The van der Waals surface area contributed by atoms with Crippen LogP contribution in [0.4, 0.5) is 5.69 Å². The average Bonchev–Trinajstić information content (AvgIpc) is 2.62. The highest BCUT2D eigenvalue weighted by Crippen LogP contribution is 2.25. The second-order valence-electron chi connectivity index (χ2n) is 5.13. The van der Waals surface area contributed by atoms with E-state index in [1.807, 2.05) is 54.6 Å². The molecule has 0 saturated heterocycles. The first-order valence-electron chi connectivity index (χ1n) is 7.37. The molecule has 3 heteroatoms. The fraction of sp³-hybridized carbons (Fsp3) is 0.0500. The van der Waals surface area contributed by atoms with Crippen LogP contribution in [0.3, 0.4) is 0 Å². The maximum absolute atomic E-state index is 9.43. The zero-order chi connectivity index (χ0) is 16.1. The molecule has 1 N–H and O–H groups in total. The molecule has 0 aliphatic rings. The maximum atomic E-state index is 9.43. The maximum Gasteiger partial charge on any atom is 0.0781 e. The molecule has 0 spiro atoms. The number of aliphatic hydroxyl groups is 1. The van der Waals surface area contributed by atoms with Crippen molar-refractivity contribution in [1.82, 2.24) is 0 Å². The average molecular weight is 366 g/mol. The molecule has 0 radical (unpaired) electrons. The van der Waals surface area contributed by atoms with Gasteiger partial charge in [0.25, 0.3) is 0 Å². The Labute approximate surface area is 144 Å². The van der Waals surface area contributed by atoms with Gasteiger partial charge in [-0.1, -0.05) is 76.6 Å². The monoisotopic (exact) mass is 365 g/mol. The number of aliphatic hydroxyl groups excluding tert-OH is 1. The van der Waals surface area contributed by atoms with Crippen LogP contribution in [0.1, 0.15) is 16.7 Å². The molecule has 0 heterocycles. The van der Waals surface area contributed by atoms with Crippen LogP contribution in [0.25, 0.3) is 0 Å². The van der Waals surface area contributed by atoms with Crippen LogP contribution in [-0.2, 0) is 6.61 Å². The van der Waals surface area contributed by atoms with Gasteiger partial charge in [0.05, 0.1) is 18.0 Å². The molecule has 3 aromatic rings. The fourth-order valence-electron chi connectivity index (χ4n) is 2.37. The summed E-state index contributed by atoms with van der Waals surface area (Å²) in [5, 5.41) is 9.43. The summed E-state index contributed by atoms with van der Waals surface area (Å²) in [6, 6.07) is 26.0. The van der Waals surface area contributed by atoms with Crippen molar-refractivity contribution >= 4 is 27.3 Å². The van der Waals surface area contributed by atoms with Gasteiger partial charge in [-0.15, -0.1) is 0 Å². The molecule has 0 bridgehead atoms. The van der Waals surface area contributed by atoms with E-state index in [4.69, 9.17) is 4.99 Å². The Bertz CT molecular complexity index is 772. The van der Waals surface area contributed by atoms with Gasteiger partial charge in [0.1, 0.15) is 0 Å². The molecule has 0 aliphatic carbocycles. The van der Waals surface area contributed by atoms with Crippen molar-refractivity contribution in [2.45, 2.75) is 6.61 Å². The SMILES string of the molecule is OCc1cc(N=C(c2ccccc2)c2ccccc2)ccc1Br. The summed E-state index contributed by atoms with van der Waals surface area (Å²) in [5.41, 5.74) is 4.68. The second kappa shape index (κ2) is 7.36. The summed E-state index contributed by atoms with van der Waals surface area (Å²) >= 11 is 3.44. The van der Waals surface area contributed by atoms with Crippen molar-refractivity contribution < 1.29 is 5.11 Å². The van der Waals surface area contributed by atoms with Crippen LogP contribution in [-0.4, -0.2) is 10.8 Å². The van der Waals surface area contributed by atoms with Crippen molar-refractivity contribution in [2.24, 2.45) is 4.99 Å². The van der Waals surface area contributed by atoms with E-state index in [2.05, 4.69) is 40.2 Å². The summed E-state index contributed by atoms with van der Waals surface area (Å²) in [6.45, 7) is -0.0179. The highest BCUT2D eigenvalue weighted by Gasteiger charge is 2.07. The quantitative estimate of drug-likeness (QED) is 0.640.